The van der Waals surface area contributed by atoms with Crippen LogP contribution in [0.1, 0.15) is 56.9 Å². The van der Waals surface area contributed by atoms with Gasteiger partial charge in [-0.1, -0.05) is 62.4 Å². The van der Waals surface area contributed by atoms with E-state index in [2.05, 4.69) is 15.4 Å². The first-order valence-corrected chi connectivity index (χ1v) is 15.9. The highest BCUT2D eigenvalue weighted by Crippen LogP contribution is 2.28. The van der Waals surface area contributed by atoms with Crippen LogP contribution in [0.3, 0.4) is 0 Å². The third-order valence-corrected chi connectivity index (χ3v) is 9.44. The molecule has 208 valence electrons. The Morgan fingerprint density at radius 1 is 1.03 bits per heavy atom. The summed E-state index contributed by atoms with van der Waals surface area (Å²) in [4.78, 5) is 25.4. The zero-order valence-corrected chi connectivity index (χ0v) is 22.3. The van der Waals surface area contributed by atoms with Gasteiger partial charge in [0.1, 0.15) is 6.04 Å². The van der Waals surface area contributed by atoms with Crippen LogP contribution >= 0.6 is 0 Å². The summed E-state index contributed by atoms with van der Waals surface area (Å²) in [5.74, 6) is -1.96. The summed E-state index contributed by atoms with van der Waals surface area (Å²) in [5, 5.41) is 15.3. The molecule has 5 N–H and O–H groups in total. The molecule has 1 aliphatic heterocycles. The van der Waals surface area contributed by atoms with Gasteiger partial charge >= 0.3 is 0 Å². The Hall–Kier alpha value is -2.06. The molecule has 1 saturated heterocycles. The zero-order chi connectivity index (χ0) is 27.1. The fraction of sp³-hybridized carbons (Fsp3) is 0.667. The van der Waals surface area contributed by atoms with E-state index in [-0.39, 0.29) is 36.8 Å². The van der Waals surface area contributed by atoms with Crippen LogP contribution in [0, 0.1) is 11.8 Å². The van der Waals surface area contributed by atoms with Crippen LogP contribution in [0.15, 0.2) is 30.3 Å². The summed E-state index contributed by atoms with van der Waals surface area (Å²) in [5.41, 5.74) is -1.54. The maximum atomic E-state index is 13.3. The van der Waals surface area contributed by atoms with Crippen molar-refractivity contribution in [3.63, 3.8) is 0 Å². The maximum Gasteiger partial charge on any atom is 0.294 e. The van der Waals surface area contributed by atoms with Gasteiger partial charge in [-0.2, -0.15) is 8.42 Å². The molecule has 0 aromatic heterocycles. The molecule has 2 fully saturated rings. The first-order chi connectivity index (χ1) is 17.4. The number of amides is 2. The van der Waals surface area contributed by atoms with E-state index in [1.54, 1.807) is 12.1 Å². The van der Waals surface area contributed by atoms with Gasteiger partial charge in [-0.15, -0.1) is 0 Å². The number of carbonyl (C=O) groups is 2. The Kier molecular flexibility index (Phi) is 10.5. The molecule has 0 spiro atoms. The zero-order valence-electron chi connectivity index (χ0n) is 20.7. The van der Waals surface area contributed by atoms with Crippen LogP contribution < -0.4 is 15.4 Å². The number of aliphatic hydroxyl groups is 1. The molecule has 0 radical (unpaired) electrons. The van der Waals surface area contributed by atoms with Gasteiger partial charge in [-0.3, -0.25) is 14.1 Å². The largest absolute Gasteiger partial charge is 0.374 e. The Bertz CT molecular complexity index is 1120. The predicted molar refractivity (Wildman–Crippen MR) is 137 cm³/mol. The second-order valence-corrected chi connectivity index (χ2v) is 13.4. The number of nitrogens with one attached hydrogen (secondary N) is 3. The van der Waals surface area contributed by atoms with Gasteiger partial charge in [-0.05, 0) is 37.2 Å². The van der Waals surface area contributed by atoms with E-state index < -0.39 is 49.5 Å². The van der Waals surface area contributed by atoms with Crippen molar-refractivity contribution >= 4 is 32.0 Å². The first-order valence-electron chi connectivity index (χ1n) is 12.7. The van der Waals surface area contributed by atoms with Crippen molar-refractivity contribution < 1.29 is 36.1 Å². The standard InChI is InChI=1S/C24H37N3O8S2/c28-22-19(11-13-25-22)16-21(24(30)37(33,34)35)26-23(29)20(15-18-9-5-2-6-10-18)27-36(31,32)14-12-17-7-3-1-4-8-17/h1,3-4,7-8,18-21,24,27,30H,2,5-6,9-16H2,(H,25,28)(H,26,29)(H,33,34,35)/t19-,20-,21-,24?/m0/s1. The molecule has 1 aromatic carbocycles. The highest BCUT2D eigenvalue weighted by molar-refractivity contribution is 7.89. The van der Waals surface area contributed by atoms with Crippen molar-refractivity contribution in [1.29, 1.82) is 0 Å². The third-order valence-electron chi connectivity index (χ3n) is 7.11. The molecular formula is C24H37N3O8S2. The molecule has 2 amide bonds. The SMILES string of the molecule is O=C1NCC[C@H]1C[C@H](NC(=O)[C@H](CC1CCCCC1)NS(=O)(=O)CCc1ccccc1)C(O)S(=O)(=O)O. The molecule has 2 aliphatic rings. The molecule has 37 heavy (non-hydrogen) atoms. The average Bonchev–Trinajstić information content (AvgIpc) is 3.26. The molecule has 3 rings (SSSR count). The third kappa shape index (κ3) is 9.32. The quantitative estimate of drug-likeness (QED) is 0.219. The molecule has 1 unspecified atom stereocenters. The van der Waals surface area contributed by atoms with Crippen molar-refractivity contribution in [2.45, 2.75) is 75.3 Å². The lowest BCUT2D eigenvalue weighted by molar-refractivity contribution is -0.126. The molecule has 1 heterocycles. The van der Waals surface area contributed by atoms with Gasteiger partial charge in [0.15, 0.2) is 0 Å². The number of benzene rings is 1. The van der Waals surface area contributed by atoms with Crippen LogP contribution in [0.5, 0.6) is 0 Å². The molecule has 4 atom stereocenters. The van der Waals surface area contributed by atoms with E-state index in [1.807, 2.05) is 18.2 Å². The van der Waals surface area contributed by atoms with Crippen LogP contribution in [0.2, 0.25) is 0 Å². The summed E-state index contributed by atoms with van der Waals surface area (Å²) in [7, 11) is -8.86. The molecule has 11 nitrogen and oxygen atoms in total. The lowest BCUT2D eigenvalue weighted by Gasteiger charge is -2.29. The minimum absolute atomic E-state index is 0.104. The second kappa shape index (κ2) is 13.1. The molecule has 1 aliphatic carbocycles. The lowest BCUT2D eigenvalue weighted by Crippen LogP contribution is -2.55. The number of aliphatic hydroxyl groups excluding tert-OH is 1. The average molecular weight is 560 g/mol. The molecule has 0 bridgehead atoms. The first kappa shape index (κ1) is 29.5. The smallest absolute Gasteiger partial charge is 0.294 e. The summed E-state index contributed by atoms with van der Waals surface area (Å²) in [6.45, 7) is 0.373. The molecular weight excluding hydrogens is 522 g/mol. The van der Waals surface area contributed by atoms with Crippen LogP contribution in [-0.4, -0.2) is 68.1 Å². The minimum Gasteiger partial charge on any atom is -0.374 e. The fourth-order valence-electron chi connectivity index (χ4n) is 5.05. The van der Waals surface area contributed by atoms with Gasteiger partial charge in [-0.25, -0.2) is 13.1 Å². The number of hydrogen-bond acceptors (Lipinski definition) is 7. The molecule has 13 heteroatoms. The Morgan fingerprint density at radius 3 is 2.30 bits per heavy atom. The van der Waals surface area contributed by atoms with Gasteiger partial charge in [0.05, 0.1) is 11.8 Å². The maximum absolute atomic E-state index is 13.3. The normalized spacial score (nSPS) is 21.7. The fourth-order valence-corrected chi connectivity index (χ4v) is 6.90. The number of aryl methyl sites for hydroxylation is 1. The van der Waals surface area contributed by atoms with Crippen LogP contribution in [-0.2, 0) is 36.2 Å². The molecule has 1 aromatic rings. The van der Waals surface area contributed by atoms with Gasteiger partial charge in [0.2, 0.25) is 27.3 Å². The van der Waals surface area contributed by atoms with Crippen molar-refractivity contribution in [3.8, 4) is 0 Å². The van der Waals surface area contributed by atoms with E-state index in [4.69, 9.17) is 0 Å². The summed E-state index contributed by atoms with van der Waals surface area (Å²) in [6, 6.07) is 6.36. The van der Waals surface area contributed by atoms with E-state index in [0.29, 0.717) is 13.0 Å². The van der Waals surface area contributed by atoms with Crippen molar-refractivity contribution in [2.75, 3.05) is 12.3 Å². The Morgan fingerprint density at radius 2 is 1.70 bits per heavy atom. The molecule has 1 saturated carbocycles. The topological polar surface area (TPSA) is 179 Å². The summed E-state index contributed by atoms with van der Waals surface area (Å²) < 4.78 is 61.2. The van der Waals surface area contributed by atoms with E-state index in [1.165, 1.54) is 0 Å². The van der Waals surface area contributed by atoms with Gasteiger partial charge < -0.3 is 15.7 Å². The van der Waals surface area contributed by atoms with E-state index in [0.717, 1.165) is 37.7 Å². The van der Waals surface area contributed by atoms with Crippen LogP contribution in [0.4, 0.5) is 0 Å². The van der Waals surface area contributed by atoms with Gasteiger partial charge in [0, 0.05) is 12.5 Å². The van der Waals surface area contributed by atoms with Crippen molar-refractivity contribution in [1.82, 2.24) is 15.4 Å². The van der Waals surface area contributed by atoms with Gasteiger partial charge in [0.25, 0.3) is 10.1 Å². The Labute approximate surface area is 218 Å². The second-order valence-electron chi connectivity index (χ2n) is 10.00. The minimum atomic E-state index is -4.96. The van der Waals surface area contributed by atoms with E-state index >= 15 is 0 Å². The number of rotatable bonds is 13. The lowest BCUT2D eigenvalue weighted by atomic mass is 9.85. The monoisotopic (exact) mass is 559 g/mol. The highest BCUT2D eigenvalue weighted by Gasteiger charge is 2.38. The number of sulfonamides is 1. The Balaban J connectivity index is 1.76. The van der Waals surface area contributed by atoms with Crippen molar-refractivity contribution in [2.24, 2.45) is 11.8 Å². The summed E-state index contributed by atoms with van der Waals surface area (Å²) in [6.07, 6.45) is 5.31. The summed E-state index contributed by atoms with van der Waals surface area (Å²) >= 11 is 0. The van der Waals surface area contributed by atoms with E-state index in [9.17, 15) is 36.1 Å². The number of hydrogen-bond donors (Lipinski definition) is 5. The predicted octanol–water partition coefficient (Wildman–Crippen LogP) is 0.705. The number of carbonyl (C=O) groups excluding carboxylic acids is 2. The highest BCUT2D eigenvalue weighted by atomic mass is 32.2. The van der Waals surface area contributed by atoms with Crippen LogP contribution in [0.25, 0.3) is 0 Å². The van der Waals surface area contributed by atoms with Crippen molar-refractivity contribution in [3.05, 3.63) is 35.9 Å².